The maximum atomic E-state index is 11.0. The zero-order valence-electron chi connectivity index (χ0n) is 6.63. The van der Waals surface area contributed by atoms with Gasteiger partial charge in [-0.25, -0.2) is 0 Å². The second-order valence-corrected chi connectivity index (χ2v) is 5.24. The van der Waals surface area contributed by atoms with Crippen LogP contribution < -0.4 is 5.32 Å². The predicted molar refractivity (Wildman–Crippen MR) is 44.3 cm³/mol. The fourth-order valence-corrected chi connectivity index (χ4v) is 2.09. The van der Waals surface area contributed by atoms with Crippen LogP contribution in [0, 0.1) is 4.78 Å². The molecule has 0 aromatic heterocycles. The molecule has 1 heterocycles. The first-order valence-corrected chi connectivity index (χ1v) is 5.74. The summed E-state index contributed by atoms with van der Waals surface area (Å²) in [6.45, 7) is 2.11. The Morgan fingerprint density at radius 3 is 3.00 bits per heavy atom. The normalized spacial score (nSPS) is 31.2. The molecule has 4 nitrogen and oxygen atoms in total. The highest BCUT2D eigenvalue weighted by Gasteiger charge is 2.15. The van der Waals surface area contributed by atoms with Crippen LogP contribution in [0.25, 0.3) is 0 Å². The molecule has 0 radical (unpaired) electrons. The third-order valence-electron chi connectivity index (χ3n) is 1.52. The van der Waals surface area contributed by atoms with Crippen molar-refractivity contribution >= 4 is 9.73 Å². The van der Waals surface area contributed by atoms with Crippen molar-refractivity contribution in [2.75, 3.05) is 31.8 Å². The Balaban J connectivity index is 2.36. The Morgan fingerprint density at radius 2 is 2.55 bits per heavy atom. The molecule has 0 aliphatic carbocycles. The van der Waals surface area contributed by atoms with Crippen molar-refractivity contribution in [3.05, 3.63) is 0 Å². The summed E-state index contributed by atoms with van der Waals surface area (Å²) < 4.78 is 23.4. The van der Waals surface area contributed by atoms with Crippen molar-refractivity contribution in [1.29, 1.82) is 4.78 Å². The second-order valence-electron chi connectivity index (χ2n) is 2.90. The summed E-state index contributed by atoms with van der Waals surface area (Å²) in [5.41, 5.74) is 0. The third kappa shape index (κ3) is 3.69. The van der Waals surface area contributed by atoms with Crippen molar-refractivity contribution in [3.63, 3.8) is 0 Å². The minimum Gasteiger partial charge on any atom is -0.378 e. The average Bonchev–Trinajstić information content (AvgIpc) is 1.85. The minimum atomic E-state index is -2.37. The number of nitrogens with one attached hydrogen (secondary N) is 2. The van der Waals surface area contributed by atoms with Gasteiger partial charge in [-0.3, -0.25) is 8.99 Å². The molecule has 1 saturated heterocycles. The number of hydrogen-bond donors (Lipinski definition) is 2. The van der Waals surface area contributed by atoms with Gasteiger partial charge in [0, 0.05) is 34.3 Å². The van der Waals surface area contributed by atoms with E-state index in [1.807, 2.05) is 0 Å². The van der Waals surface area contributed by atoms with Gasteiger partial charge in [-0.1, -0.05) is 0 Å². The summed E-state index contributed by atoms with van der Waals surface area (Å²) in [5.74, 6) is 0.396. The summed E-state index contributed by atoms with van der Waals surface area (Å²) in [7, 11) is -2.37. The van der Waals surface area contributed by atoms with Gasteiger partial charge in [0.2, 0.25) is 0 Å². The van der Waals surface area contributed by atoms with Gasteiger partial charge in [0.15, 0.2) is 0 Å². The Kier molecular flexibility index (Phi) is 2.86. The summed E-state index contributed by atoms with van der Waals surface area (Å²) in [4.78, 5) is 0. The van der Waals surface area contributed by atoms with Gasteiger partial charge >= 0.3 is 0 Å². The van der Waals surface area contributed by atoms with E-state index in [4.69, 9.17) is 9.52 Å². The molecule has 1 rings (SSSR count). The van der Waals surface area contributed by atoms with Crippen LogP contribution in [-0.2, 0) is 14.5 Å². The van der Waals surface area contributed by atoms with E-state index in [0.717, 1.165) is 13.2 Å². The SMILES string of the molecule is CS(=N)(=O)CC1COCCN1. The van der Waals surface area contributed by atoms with E-state index in [1.54, 1.807) is 0 Å². The molecule has 0 aromatic rings. The maximum Gasteiger partial charge on any atom is 0.0629 e. The van der Waals surface area contributed by atoms with Crippen LogP contribution in [-0.4, -0.2) is 42.0 Å². The first kappa shape index (κ1) is 8.96. The molecule has 11 heavy (non-hydrogen) atoms. The summed E-state index contributed by atoms with van der Waals surface area (Å²) in [5, 5.41) is 3.15. The van der Waals surface area contributed by atoms with Crippen molar-refractivity contribution in [3.8, 4) is 0 Å². The monoisotopic (exact) mass is 178 g/mol. The first-order chi connectivity index (χ1) is 5.08. The average molecular weight is 178 g/mol. The van der Waals surface area contributed by atoms with Crippen LogP contribution in [0.4, 0.5) is 0 Å². The smallest absolute Gasteiger partial charge is 0.0629 e. The first-order valence-electron chi connectivity index (χ1n) is 3.60. The fraction of sp³-hybridized carbons (Fsp3) is 1.00. The zero-order valence-corrected chi connectivity index (χ0v) is 7.45. The summed E-state index contributed by atoms with van der Waals surface area (Å²) in [6, 6.07) is 0.110. The molecule has 0 aromatic carbocycles. The summed E-state index contributed by atoms with van der Waals surface area (Å²) in [6.07, 6.45) is 1.46. The van der Waals surface area contributed by atoms with Gasteiger partial charge in [-0.15, -0.1) is 0 Å². The van der Waals surface area contributed by atoms with E-state index in [0.29, 0.717) is 12.4 Å². The van der Waals surface area contributed by atoms with Crippen molar-refractivity contribution in [2.24, 2.45) is 0 Å². The molecule has 2 atom stereocenters. The number of rotatable bonds is 2. The Labute approximate surface area is 67.3 Å². The number of morpholine rings is 1. The Morgan fingerprint density at radius 1 is 1.82 bits per heavy atom. The molecular weight excluding hydrogens is 164 g/mol. The van der Waals surface area contributed by atoms with Crippen LogP contribution in [0.3, 0.4) is 0 Å². The van der Waals surface area contributed by atoms with Gasteiger partial charge < -0.3 is 10.1 Å². The molecular formula is C6H14N2O2S. The molecule has 0 amide bonds. The van der Waals surface area contributed by atoms with Gasteiger partial charge in [0.1, 0.15) is 0 Å². The minimum absolute atomic E-state index is 0.110. The van der Waals surface area contributed by atoms with E-state index in [2.05, 4.69) is 5.32 Å². The standard InChI is InChI=1S/C6H14N2O2S/c1-11(7,9)5-6-4-10-3-2-8-6/h6-8H,2-5H2,1H3. The lowest BCUT2D eigenvalue weighted by Gasteiger charge is -2.23. The molecule has 0 spiro atoms. The molecule has 2 unspecified atom stereocenters. The molecule has 1 aliphatic rings. The summed E-state index contributed by atoms with van der Waals surface area (Å²) >= 11 is 0. The van der Waals surface area contributed by atoms with E-state index in [1.165, 1.54) is 6.26 Å². The fourth-order valence-electron chi connectivity index (χ4n) is 1.11. The van der Waals surface area contributed by atoms with Gasteiger partial charge in [0.25, 0.3) is 0 Å². The van der Waals surface area contributed by atoms with Gasteiger partial charge in [-0.2, -0.15) is 0 Å². The van der Waals surface area contributed by atoms with Gasteiger partial charge in [-0.05, 0) is 0 Å². The number of ether oxygens (including phenoxy) is 1. The molecule has 66 valence electrons. The van der Waals surface area contributed by atoms with E-state index < -0.39 is 9.73 Å². The highest BCUT2D eigenvalue weighted by Crippen LogP contribution is 1.97. The van der Waals surface area contributed by atoms with Crippen LogP contribution >= 0.6 is 0 Å². The molecule has 2 N–H and O–H groups in total. The second kappa shape index (κ2) is 3.51. The Bertz CT molecular complexity index is 207. The molecule has 0 saturated carbocycles. The van der Waals surface area contributed by atoms with Gasteiger partial charge in [0.05, 0.1) is 13.2 Å². The predicted octanol–water partition coefficient (Wildman–Crippen LogP) is -0.349. The number of hydrogen-bond acceptors (Lipinski definition) is 4. The van der Waals surface area contributed by atoms with E-state index in [-0.39, 0.29) is 6.04 Å². The molecule has 0 bridgehead atoms. The van der Waals surface area contributed by atoms with E-state index in [9.17, 15) is 4.21 Å². The zero-order chi connectivity index (χ0) is 8.32. The van der Waals surface area contributed by atoms with Crippen LogP contribution in [0.15, 0.2) is 0 Å². The quantitative estimate of drug-likeness (QED) is 0.607. The lowest BCUT2D eigenvalue weighted by molar-refractivity contribution is 0.0834. The van der Waals surface area contributed by atoms with Crippen LogP contribution in [0.5, 0.6) is 0 Å². The molecule has 1 aliphatic heterocycles. The lowest BCUT2D eigenvalue weighted by Crippen LogP contribution is -2.45. The van der Waals surface area contributed by atoms with Crippen molar-refractivity contribution < 1.29 is 8.95 Å². The van der Waals surface area contributed by atoms with Crippen LogP contribution in [0.1, 0.15) is 0 Å². The lowest BCUT2D eigenvalue weighted by atomic mass is 10.3. The van der Waals surface area contributed by atoms with E-state index >= 15 is 0 Å². The topological polar surface area (TPSA) is 62.2 Å². The van der Waals surface area contributed by atoms with Crippen molar-refractivity contribution in [2.45, 2.75) is 6.04 Å². The van der Waals surface area contributed by atoms with Crippen LogP contribution in [0.2, 0.25) is 0 Å². The Hall–Kier alpha value is -0.130. The molecule has 1 fully saturated rings. The highest BCUT2D eigenvalue weighted by atomic mass is 32.2. The highest BCUT2D eigenvalue weighted by molar-refractivity contribution is 7.91. The largest absolute Gasteiger partial charge is 0.378 e. The third-order valence-corrected chi connectivity index (χ3v) is 2.56. The maximum absolute atomic E-state index is 11.0. The molecule has 5 heteroatoms. The van der Waals surface area contributed by atoms with Crippen molar-refractivity contribution in [1.82, 2.24) is 5.32 Å².